The summed E-state index contributed by atoms with van der Waals surface area (Å²) >= 11 is 0. The molecule has 0 aromatic carbocycles. The summed E-state index contributed by atoms with van der Waals surface area (Å²) in [5, 5.41) is 0. The van der Waals surface area contributed by atoms with Crippen molar-refractivity contribution in [1.29, 1.82) is 0 Å². The first-order chi connectivity index (χ1) is 8.74. The van der Waals surface area contributed by atoms with E-state index in [4.69, 9.17) is 4.74 Å². The summed E-state index contributed by atoms with van der Waals surface area (Å²) in [4.78, 5) is 9.68. The lowest BCUT2D eigenvalue weighted by molar-refractivity contribution is -0.0363. The fourth-order valence-electron chi connectivity index (χ4n) is 2.46. The molecular formula is C14H25N3O. The average Bonchev–Trinajstić information content (AvgIpc) is 2.82. The number of aromatic amines is 1. The number of imidazole rings is 1. The van der Waals surface area contributed by atoms with Crippen molar-refractivity contribution >= 4 is 0 Å². The maximum atomic E-state index is 5.84. The first-order valence-corrected chi connectivity index (χ1v) is 7.05. The van der Waals surface area contributed by atoms with Gasteiger partial charge in [0.25, 0.3) is 0 Å². The number of nitrogens with zero attached hydrogens (tertiary/aromatic N) is 2. The molecule has 0 spiro atoms. The third-order valence-corrected chi connectivity index (χ3v) is 3.48. The zero-order chi connectivity index (χ0) is 12.8. The third-order valence-electron chi connectivity index (χ3n) is 3.48. The fraction of sp³-hybridized carbons (Fsp3) is 0.786. The van der Waals surface area contributed by atoms with E-state index in [1.54, 1.807) is 6.33 Å². The summed E-state index contributed by atoms with van der Waals surface area (Å²) in [7, 11) is 0. The van der Waals surface area contributed by atoms with E-state index in [0.29, 0.717) is 6.10 Å². The van der Waals surface area contributed by atoms with E-state index in [0.717, 1.165) is 32.2 Å². The molecule has 0 bridgehead atoms. The Labute approximate surface area is 110 Å². The summed E-state index contributed by atoms with van der Waals surface area (Å²) in [5.41, 5.74) is 1.19. The molecule has 4 nitrogen and oxygen atoms in total. The smallest absolute Gasteiger partial charge is 0.0922 e. The zero-order valence-corrected chi connectivity index (χ0v) is 11.6. The Bertz CT molecular complexity index is 324. The Kier molecular flexibility index (Phi) is 5.20. The second-order valence-electron chi connectivity index (χ2n) is 5.63. The van der Waals surface area contributed by atoms with Crippen molar-refractivity contribution in [3.63, 3.8) is 0 Å². The van der Waals surface area contributed by atoms with Crippen LogP contribution in [0.25, 0.3) is 0 Å². The Morgan fingerprint density at radius 3 is 3.17 bits per heavy atom. The lowest BCUT2D eigenvalue weighted by atomic mass is 10.0. The Morgan fingerprint density at radius 2 is 2.44 bits per heavy atom. The molecule has 0 amide bonds. The van der Waals surface area contributed by atoms with E-state index in [1.165, 1.54) is 25.0 Å². The second-order valence-corrected chi connectivity index (χ2v) is 5.63. The molecule has 2 heterocycles. The number of ether oxygens (including phenoxy) is 1. The van der Waals surface area contributed by atoms with Crippen LogP contribution < -0.4 is 0 Å². The summed E-state index contributed by atoms with van der Waals surface area (Å²) < 4.78 is 5.84. The summed E-state index contributed by atoms with van der Waals surface area (Å²) in [5.74, 6) is 0.801. The third kappa shape index (κ3) is 4.42. The molecule has 0 aliphatic carbocycles. The van der Waals surface area contributed by atoms with Crippen LogP contribution in [0.3, 0.4) is 0 Å². The van der Waals surface area contributed by atoms with Gasteiger partial charge in [0.05, 0.1) is 19.0 Å². The standard InChI is InChI=1S/C14H25N3O/c1-12(2)4-3-5-14-10-17(6-7-18-14)9-13-8-15-11-16-13/h8,11-12,14H,3-7,9-10H2,1-2H3,(H,15,16)/t14-/m0/s1. The van der Waals surface area contributed by atoms with Crippen LogP contribution in [0.5, 0.6) is 0 Å². The first kappa shape index (κ1) is 13.6. The Hall–Kier alpha value is -0.870. The van der Waals surface area contributed by atoms with Gasteiger partial charge in [-0.3, -0.25) is 4.90 Å². The van der Waals surface area contributed by atoms with Crippen LogP contribution >= 0.6 is 0 Å². The van der Waals surface area contributed by atoms with Crippen LogP contribution in [0, 0.1) is 5.92 Å². The van der Waals surface area contributed by atoms with Gasteiger partial charge in [-0.2, -0.15) is 0 Å². The summed E-state index contributed by atoms with van der Waals surface area (Å²) in [6.07, 6.45) is 7.85. The van der Waals surface area contributed by atoms with E-state index in [2.05, 4.69) is 28.7 Å². The number of morpholine rings is 1. The first-order valence-electron chi connectivity index (χ1n) is 7.05. The molecule has 0 unspecified atom stereocenters. The van der Waals surface area contributed by atoms with E-state index >= 15 is 0 Å². The monoisotopic (exact) mass is 251 g/mol. The molecule has 0 radical (unpaired) electrons. The van der Waals surface area contributed by atoms with Gasteiger partial charge in [0.2, 0.25) is 0 Å². The largest absolute Gasteiger partial charge is 0.376 e. The predicted molar refractivity (Wildman–Crippen MR) is 72.3 cm³/mol. The fourth-order valence-corrected chi connectivity index (χ4v) is 2.46. The van der Waals surface area contributed by atoms with Gasteiger partial charge >= 0.3 is 0 Å². The van der Waals surface area contributed by atoms with Crippen LogP contribution in [-0.4, -0.2) is 40.7 Å². The highest BCUT2D eigenvalue weighted by Crippen LogP contribution is 2.15. The number of nitrogens with one attached hydrogen (secondary N) is 1. The number of H-pyrrole nitrogens is 1. The van der Waals surface area contributed by atoms with Gasteiger partial charge in [-0.15, -0.1) is 0 Å². The minimum Gasteiger partial charge on any atom is -0.376 e. The molecular weight excluding hydrogens is 226 g/mol. The maximum Gasteiger partial charge on any atom is 0.0922 e. The zero-order valence-electron chi connectivity index (χ0n) is 11.6. The van der Waals surface area contributed by atoms with Gasteiger partial charge in [-0.25, -0.2) is 4.98 Å². The van der Waals surface area contributed by atoms with E-state index in [1.807, 2.05) is 6.20 Å². The topological polar surface area (TPSA) is 41.2 Å². The molecule has 1 N–H and O–H groups in total. The van der Waals surface area contributed by atoms with Crippen molar-refractivity contribution in [1.82, 2.24) is 14.9 Å². The van der Waals surface area contributed by atoms with Crippen LogP contribution in [0.2, 0.25) is 0 Å². The molecule has 1 atom stereocenters. The predicted octanol–water partition coefficient (Wildman–Crippen LogP) is 2.44. The number of hydrogen-bond acceptors (Lipinski definition) is 3. The Morgan fingerprint density at radius 1 is 1.56 bits per heavy atom. The molecule has 4 heteroatoms. The molecule has 1 saturated heterocycles. The van der Waals surface area contributed by atoms with E-state index in [-0.39, 0.29) is 0 Å². The van der Waals surface area contributed by atoms with Gasteiger partial charge in [0, 0.05) is 31.5 Å². The molecule has 1 aromatic rings. The average molecular weight is 251 g/mol. The Balaban J connectivity index is 1.71. The highest BCUT2D eigenvalue weighted by Gasteiger charge is 2.20. The van der Waals surface area contributed by atoms with E-state index in [9.17, 15) is 0 Å². The SMILES string of the molecule is CC(C)CCC[C@H]1CN(Cc2cnc[nH]2)CCO1. The molecule has 1 aromatic heterocycles. The van der Waals surface area contributed by atoms with Crippen molar-refractivity contribution < 1.29 is 4.74 Å². The number of hydrogen-bond donors (Lipinski definition) is 1. The highest BCUT2D eigenvalue weighted by molar-refractivity contribution is 4.94. The van der Waals surface area contributed by atoms with Gasteiger partial charge in [-0.05, 0) is 12.3 Å². The van der Waals surface area contributed by atoms with Crippen LogP contribution in [0.15, 0.2) is 12.5 Å². The van der Waals surface area contributed by atoms with Gasteiger partial charge in [-0.1, -0.05) is 26.7 Å². The molecule has 2 rings (SSSR count). The normalized spacial score (nSPS) is 21.6. The van der Waals surface area contributed by atoms with Crippen molar-refractivity contribution in [2.45, 2.75) is 45.8 Å². The van der Waals surface area contributed by atoms with Crippen molar-refractivity contribution in [2.24, 2.45) is 5.92 Å². The van der Waals surface area contributed by atoms with Gasteiger partial charge in [0.1, 0.15) is 0 Å². The highest BCUT2D eigenvalue weighted by atomic mass is 16.5. The summed E-state index contributed by atoms with van der Waals surface area (Å²) in [6.45, 7) is 8.47. The molecule has 18 heavy (non-hydrogen) atoms. The lowest BCUT2D eigenvalue weighted by Gasteiger charge is -2.32. The molecule has 0 saturated carbocycles. The van der Waals surface area contributed by atoms with Crippen molar-refractivity contribution in [3.05, 3.63) is 18.2 Å². The van der Waals surface area contributed by atoms with Crippen molar-refractivity contribution in [3.8, 4) is 0 Å². The van der Waals surface area contributed by atoms with Crippen LogP contribution in [0.4, 0.5) is 0 Å². The molecule has 102 valence electrons. The summed E-state index contributed by atoms with van der Waals surface area (Å²) in [6, 6.07) is 0. The van der Waals surface area contributed by atoms with Gasteiger partial charge in [0.15, 0.2) is 0 Å². The molecule has 1 aliphatic heterocycles. The van der Waals surface area contributed by atoms with Crippen LogP contribution in [0.1, 0.15) is 38.8 Å². The van der Waals surface area contributed by atoms with Crippen LogP contribution in [-0.2, 0) is 11.3 Å². The van der Waals surface area contributed by atoms with Gasteiger partial charge < -0.3 is 9.72 Å². The second kappa shape index (κ2) is 6.90. The van der Waals surface area contributed by atoms with E-state index < -0.39 is 0 Å². The quantitative estimate of drug-likeness (QED) is 0.844. The molecule has 1 aliphatic rings. The maximum absolute atomic E-state index is 5.84. The molecule has 1 fully saturated rings. The lowest BCUT2D eigenvalue weighted by Crippen LogP contribution is -2.41. The minimum absolute atomic E-state index is 0.417. The number of rotatable bonds is 6. The number of aromatic nitrogens is 2. The minimum atomic E-state index is 0.417. The van der Waals surface area contributed by atoms with Crippen molar-refractivity contribution in [2.75, 3.05) is 19.7 Å².